The van der Waals surface area contributed by atoms with Gasteiger partial charge in [0.1, 0.15) is 0 Å². The van der Waals surface area contributed by atoms with E-state index in [0.717, 1.165) is 10.1 Å². The minimum Gasteiger partial charge on any atom is -0.377 e. The summed E-state index contributed by atoms with van der Waals surface area (Å²) in [6.45, 7) is 3.03. The molecular formula is C9H10BrO2. The summed E-state index contributed by atoms with van der Waals surface area (Å²) >= 11 is 3.34. The maximum atomic E-state index is 10.9. The molecule has 2 nitrogen and oxygen atoms in total. The van der Waals surface area contributed by atoms with Gasteiger partial charge in [-0.2, -0.15) is 0 Å². The van der Waals surface area contributed by atoms with Crippen LogP contribution in [0.3, 0.4) is 0 Å². The molecule has 0 saturated heterocycles. The van der Waals surface area contributed by atoms with Gasteiger partial charge in [0.2, 0.25) is 0 Å². The van der Waals surface area contributed by atoms with Crippen LogP contribution < -0.4 is 0 Å². The van der Waals surface area contributed by atoms with Crippen LogP contribution in [0, 0.1) is 6.08 Å². The lowest BCUT2D eigenvalue weighted by Crippen LogP contribution is -2.06. The summed E-state index contributed by atoms with van der Waals surface area (Å²) in [5.74, 6) is 0.0212. The van der Waals surface area contributed by atoms with Crippen LogP contribution in [0.15, 0.2) is 16.1 Å². The van der Waals surface area contributed by atoms with E-state index in [1.54, 1.807) is 0 Å². The Labute approximate surface area is 80.4 Å². The number of ketones is 1. The smallest absolute Gasteiger partial charge is 0.167 e. The molecule has 0 atom stereocenters. The van der Waals surface area contributed by atoms with Gasteiger partial charge in [0.15, 0.2) is 5.78 Å². The van der Waals surface area contributed by atoms with Crippen molar-refractivity contribution in [3.63, 3.8) is 0 Å². The van der Waals surface area contributed by atoms with Gasteiger partial charge in [0.25, 0.3) is 0 Å². The summed E-state index contributed by atoms with van der Waals surface area (Å²) < 4.78 is 6.10. The van der Waals surface area contributed by atoms with Crippen molar-refractivity contribution in [3.8, 4) is 0 Å². The molecule has 1 aliphatic rings. The Hall–Kier alpha value is -0.410. The second kappa shape index (κ2) is 4.58. The zero-order valence-corrected chi connectivity index (χ0v) is 8.48. The van der Waals surface area contributed by atoms with Crippen molar-refractivity contribution in [2.75, 3.05) is 13.2 Å². The largest absolute Gasteiger partial charge is 0.377 e. The molecule has 0 aromatic rings. The number of Topliss-reactive ketones (excluding diaryl/α,β-unsaturated/α-hetero) is 1. The van der Waals surface area contributed by atoms with Gasteiger partial charge in [-0.15, -0.1) is 0 Å². The van der Waals surface area contributed by atoms with Crippen LogP contribution in [0.1, 0.15) is 13.3 Å². The maximum Gasteiger partial charge on any atom is 0.167 e. The SMILES string of the molecule is CCOCC1=[C]C(=O)CC=C1Br. The molecule has 1 radical (unpaired) electrons. The van der Waals surface area contributed by atoms with Crippen LogP contribution in [-0.2, 0) is 9.53 Å². The van der Waals surface area contributed by atoms with Gasteiger partial charge in [0, 0.05) is 29.2 Å². The van der Waals surface area contributed by atoms with Crippen molar-refractivity contribution in [1.29, 1.82) is 0 Å². The molecule has 1 aliphatic carbocycles. The van der Waals surface area contributed by atoms with E-state index in [0.29, 0.717) is 19.6 Å². The van der Waals surface area contributed by atoms with Crippen LogP contribution in [0.2, 0.25) is 0 Å². The van der Waals surface area contributed by atoms with E-state index in [4.69, 9.17) is 4.74 Å². The van der Waals surface area contributed by atoms with E-state index in [9.17, 15) is 4.79 Å². The number of hydrogen-bond donors (Lipinski definition) is 0. The minimum absolute atomic E-state index is 0.0212. The summed E-state index contributed by atoms with van der Waals surface area (Å²) in [4.78, 5) is 10.9. The number of hydrogen-bond acceptors (Lipinski definition) is 2. The van der Waals surface area contributed by atoms with Crippen LogP contribution in [-0.4, -0.2) is 19.0 Å². The molecule has 0 aliphatic heterocycles. The fourth-order valence-electron chi connectivity index (χ4n) is 0.894. The van der Waals surface area contributed by atoms with Crippen LogP contribution in [0.5, 0.6) is 0 Å². The molecule has 0 saturated carbocycles. The first-order valence-electron chi connectivity index (χ1n) is 3.83. The molecule has 0 unspecified atom stereocenters. The van der Waals surface area contributed by atoms with Crippen molar-refractivity contribution in [2.24, 2.45) is 0 Å². The van der Waals surface area contributed by atoms with Gasteiger partial charge < -0.3 is 4.74 Å². The summed E-state index contributed by atoms with van der Waals surface area (Å²) in [6, 6.07) is 0. The summed E-state index contributed by atoms with van der Waals surface area (Å²) in [7, 11) is 0. The Balaban J connectivity index is 2.59. The van der Waals surface area contributed by atoms with Crippen molar-refractivity contribution >= 4 is 21.7 Å². The normalized spacial score (nSPS) is 17.3. The van der Waals surface area contributed by atoms with Crippen molar-refractivity contribution in [3.05, 3.63) is 22.2 Å². The summed E-state index contributed by atoms with van der Waals surface area (Å²) in [5, 5.41) is 0. The monoisotopic (exact) mass is 229 g/mol. The molecule has 0 bridgehead atoms. The molecule has 12 heavy (non-hydrogen) atoms. The average Bonchev–Trinajstić information content (AvgIpc) is 2.07. The first kappa shape index (κ1) is 9.68. The number of rotatable bonds is 3. The highest BCUT2D eigenvalue weighted by atomic mass is 79.9. The fourth-order valence-corrected chi connectivity index (χ4v) is 1.27. The Kier molecular flexibility index (Phi) is 3.69. The molecule has 0 spiro atoms. The van der Waals surface area contributed by atoms with Gasteiger partial charge in [0.05, 0.1) is 6.61 Å². The Bertz CT molecular complexity index is 241. The number of allylic oxidation sites excluding steroid dienone is 2. The van der Waals surface area contributed by atoms with Crippen molar-refractivity contribution in [1.82, 2.24) is 0 Å². The summed E-state index contributed by atoms with van der Waals surface area (Å²) in [6.07, 6.45) is 5.02. The highest BCUT2D eigenvalue weighted by Gasteiger charge is 2.11. The molecule has 0 fully saturated rings. The van der Waals surface area contributed by atoms with E-state index in [1.807, 2.05) is 13.0 Å². The quantitative estimate of drug-likeness (QED) is 0.741. The van der Waals surface area contributed by atoms with E-state index < -0.39 is 0 Å². The van der Waals surface area contributed by atoms with Gasteiger partial charge in [-0.25, -0.2) is 0 Å². The maximum absolute atomic E-state index is 10.9. The predicted molar refractivity (Wildman–Crippen MR) is 49.9 cm³/mol. The lowest BCUT2D eigenvalue weighted by Gasteiger charge is -2.09. The molecule has 1 rings (SSSR count). The third-order valence-electron chi connectivity index (χ3n) is 1.50. The third kappa shape index (κ3) is 2.57. The Morgan fingerprint density at radius 3 is 3.17 bits per heavy atom. The molecular weight excluding hydrogens is 220 g/mol. The average molecular weight is 230 g/mol. The number of carbonyl (C=O) groups excluding carboxylic acids is 1. The predicted octanol–water partition coefficient (Wildman–Crippen LogP) is 2.00. The van der Waals surface area contributed by atoms with Gasteiger partial charge >= 0.3 is 0 Å². The molecule has 0 N–H and O–H groups in total. The molecule has 0 heterocycles. The first-order chi connectivity index (χ1) is 5.74. The lowest BCUT2D eigenvalue weighted by molar-refractivity contribution is -0.114. The zero-order chi connectivity index (χ0) is 8.97. The molecule has 3 heteroatoms. The fraction of sp³-hybridized carbons (Fsp3) is 0.444. The van der Waals surface area contributed by atoms with Crippen molar-refractivity contribution < 1.29 is 9.53 Å². The Morgan fingerprint density at radius 1 is 1.75 bits per heavy atom. The highest BCUT2D eigenvalue weighted by Crippen LogP contribution is 2.21. The minimum atomic E-state index is 0.0212. The van der Waals surface area contributed by atoms with Gasteiger partial charge in [-0.3, -0.25) is 4.79 Å². The second-order valence-electron chi connectivity index (χ2n) is 2.42. The molecule has 65 valence electrons. The van der Waals surface area contributed by atoms with E-state index in [-0.39, 0.29) is 5.78 Å². The van der Waals surface area contributed by atoms with Crippen LogP contribution in [0.4, 0.5) is 0 Å². The lowest BCUT2D eigenvalue weighted by atomic mass is 10.1. The van der Waals surface area contributed by atoms with Crippen molar-refractivity contribution in [2.45, 2.75) is 13.3 Å². The Morgan fingerprint density at radius 2 is 2.50 bits per heavy atom. The van der Waals surface area contributed by atoms with E-state index in [2.05, 4.69) is 22.0 Å². The van der Waals surface area contributed by atoms with E-state index >= 15 is 0 Å². The zero-order valence-electron chi connectivity index (χ0n) is 6.89. The summed E-state index contributed by atoms with van der Waals surface area (Å²) in [5.41, 5.74) is 0.813. The highest BCUT2D eigenvalue weighted by molar-refractivity contribution is 9.12. The topological polar surface area (TPSA) is 26.3 Å². The number of carbonyl (C=O) groups is 1. The second-order valence-corrected chi connectivity index (χ2v) is 3.27. The first-order valence-corrected chi connectivity index (χ1v) is 4.62. The van der Waals surface area contributed by atoms with E-state index in [1.165, 1.54) is 0 Å². The molecule has 0 aromatic heterocycles. The number of ether oxygens (including phenoxy) is 1. The molecule has 0 amide bonds. The number of halogens is 1. The standard InChI is InChI=1S/C9H10BrO2/c1-2-12-6-7-5-8(11)3-4-9(7)10/h4H,2-3,6H2,1H3. The van der Waals surface area contributed by atoms with Gasteiger partial charge in [-0.1, -0.05) is 22.0 Å². The van der Waals surface area contributed by atoms with Crippen LogP contribution in [0.25, 0.3) is 0 Å². The van der Waals surface area contributed by atoms with Crippen LogP contribution >= 0.6 is 15.9 Å². The third-order valence-corrected chi connectivity index (χ3v) is 2.30. The molecule has 0 aromatic carbocycles. The van der Waals surface area contributed by atoms with Gasteiger partial charge in [-0.05, 0) is 6.92 Å².